The first-order valence-electron chi connectivity index (χ1n) is 7.36. The number of hydrogen-bond acceptors (Lipinski definition) is 4. The molecule has 0 spiro atoms. The molecule has 0 fully saturated rings. The number of aromatic nitrogens is 3. The highest BCUT2D eigenvalue weighted by Crippen LogP contribution is 2.18. The Labute approximate surface area is 129 Å². The fourth-order valence-electron chi connectivity index (χ4n) is 2.43. The van der Waals surface area contributed by atoms with Crippen LogP contribution in [0, 0.1) is 11.3 Å². The van der Waals surface area contributed by atoms with Crippen LogP contribution in [0.4, 0.5) is 5.69 Å². The average molecular weight is 291 g/mol. The highest BCUT2D eigenvalue weighted by molar-refractivity contribution is 5.73. The number of fused-ring (bicyclic) bond motifs is 1. The lowest BCUT2D eigenvalue weighted by molar-refractivity contribution is 0.764. The Morgan fingerprint density at radius 3 is 2.23 bits per heavy atom. The summed E-state index contributed by atoms with van der Waals surface area (Å²) in [5, 5.41) is 17.7. The Balaban J connectivity index is 1.85. The van der Waals surface area contributed by atoms with Gasteiger partial charge in [-0.2, -0.15) is 10.1 Å². The van der Waals surface area contributed by atoms with Gasteiger partial charge in [0, 0.05) is 18.8 Å². The van der Waals surface area contributed by atoms with E-state index in [1.165, 1.54) is 0 Å². The Kier molecular flexibility index (Phi) is 4.01. The van der Waals surface area contributed by atoms with E-state index in [0.717, 1.165) is 35.5 Å². The molecule has 0 unspecified atom stereocenters. The summed E-state index contributed by atoms with van der Waals surface area (Å²) in [5.41, 5.74) is 3.81. The lowest BCUT2D eigenvalue weighted by atomic mass is 10.2. The Hall–Kier alpha value is -2.87. The maximum Gasteiger partial charge on any atom is 0.113 e. The van der Waals surface area contributed by atoms with Crippen LogP contribution >= 0.6 is 0 Å². The van der Waals surface area contributed by atoms with Gasteiger partial charge in [0.2, 0.25) is 0 Å². The molecule has 0 saturated carbocycles. The van der Waals surface area contributed by atoms with Crippen molar-refractivity contribution in [1.82, 2.24) is 15.0 Å². The summed E-state index contributed by atoms with van der Waals surface area (Å²) in [6.45, 7) is 3.72. The van der Waals surface area contributed by atoms with Gasteiger partial charge >= 0.3 is 0 Å². The smallest absolute Gasteiger partial charge is 0.113 e. The largest absolute Gasteiger partial charge is 0.371 e. The fraction of sp³-hybridized carbons (Fsp3) is 0.235. The van der Waals surface area contributed by atoms with Gasteiger partial charge in [0.05, 0.1) is 18.2 Å². The van der Waals surface area contributed by atoms with Gasteiger partial charge in [-0.05, 0) is 43.3 Å². The van der Waals surface area contributed by atoms with E-state index in [1.54, 1.807) is 4.80 Å². The second kappa shape index (κ2) is 6.27. The van der Waals surface area contributed by atoms with E-state index in [4.69, 9.17) is 5.26 Å². The highest BCUT2D eigenvalue weighted by atomic mass is 15.5. The molecule has 0 aliphatic heterocycles. The molecule has 5 nitrogen and oxygen atoms in total. The Morgan fingerprint density at radius 1 is 1.05 bits per heavy atom. The summed E-state index contributed by atoms with van der Waals surface area (Å²) in [7, 11) is 0. The SMILES string of the molecule is CCN(CCC#N)c1ccc(-n2nc3ccccc3n2)cc1. The molecule has 0 saturated heterocycles. The van der Waals surface area contributed by atoms with Gasteiger partial charge in [0.25, 0.3) is 0 Å². The van der Waals surface area contributed by atoms with Crippen LogP contribution in [0.3, 0.4) is 0 Å². The first-order chi connectivity index (χ1) is 10.8. The van der Waals surface area contributed by atoms with E-state index in [0.29, 0.717) is 6.42 Å². The number of nitrogens with zero attached hydrogens (tertiary/aromatic N) is 5. The van der Waals surface area contributed by atoms with E-state index in [2.05, 4.69) is 28.1 Å². The average Bonchev–Trinajstić information content (AvgIpc) is 3.00. The molecule has 0 aliphatic carbocycles. The molecule has 0 amide bonds. The minimum atomic E-state index is 0.529. The van der Waals surface area contributed by atoms with E-state index in [1.807, 2.05) is 48.5 Å². The fourth-order valence-corrected chi connectivity index (χ4v) is 2.43. The van der Waals surface area contributed by atoms with Gasteiger partial charge in [-0.1, -0.05) is 12.1 Å². The first kappa shape index (κ1) is 14.1. The monoisotopic (exact) mass is 291 g/mol. The molecule has 1 aromatic heterocycles. The summed E-state index contributed by atoms with van der Waals surface area (Å²) in [6, 6.07) is 18.1. The molecule has 0 bridgehead atoms. The number of nitriles is 1. The molecule has 2 aromatic carbocycles. The number of benzene rings is 2. The van der Waals surface area contributed by atoms with Crippen LogP contribution in [-0.4, -0.2) is 28.1 Å². The standard InChI is InChI=1S/C17H17N5/c1-2-21(13-5-12-18)14-8-10-15(11-9-14)22-19-16-6-3-4-7-17(16)20-22/h3-4,6-11H,2,5,13H2,1H3. The molecule has 0 radical (unpaired) electrons. The molecule has 3 aromatic rings. The number of hydrogen-bond donors (Lipinski definition) is 0. The van der Waals surface area contributed by atoms with Crippen LogP contribution in [0.25, 0.3) is 16.7 Å². The predicted molar refractivity (Wildman–Crippen MR) is 87.0 cm³/mol. The van der Waals surface area contributed by atoms with E-state index >= 15 is 0 Å². The van der Waals surface area contributed by atoms with Crippen molar-refractivity contribution in [3.05, 3.63) is 48.5 Å². The van der Waals surface area contributed by atoms with E-state index < -0.39 is 0 Å². The van der Waals surface area contributed by atoms with Crippen molar-refractivity contribution in [3.8, 4) is 11.8 Å². The molecule has 110 valence electrons. The van der Waals surface area contributed by atoms with Crippen molar-refractivity contribution in [2.45, 2.75) is 13.3 Å². The Morgan fingerprint density at radius 2 is 1.68 bits per heavy atom. The van der Waals surface area contributed by atoms with Gasteiger partial charge in [-0.25, -0.2) is 0 Å². The molecular weight excluding hydrogens is 274 g/mol. The summed E-state index contributed by atoms with van der Waals surface area (Å²) >= 11 is 0. The summed E-state index contributed by atoms with van der Waals surface area (Å²) in [5.74, 6) is 0. The maximum absolute atomic E-state index is 8.72. The van der Waals surface area contributed by atoms with Crippen LogP contribution in [-0.2, 0) is 0 Å². The normalized spacial score (nSPS) is 10.5. The Bertz CT molecular complexity index is 765. The number of anilines is 1. The molecule has 0 N–H and O–H groups in total. The lowest BCUT2D eigenvalue weighted by Gasteiger charge is -2.21. The summed E-state index contributed by atoms with van der Waals surface area (Å²) < 4.78 is 0. The van der Waals surface area contributed by atoms with E-state index in [9.17, 15) is 0 Å². The molecule has 0 atom stereocenters. The zero-order valence-corrected chi connectivity index (χ0v) is 12.5. The first-order valence-corrected chi connectivity index (χ1v) is 7.36. The molecule has 22 heavy (non-hydrogen) atoms. The lowest BCUT2D eigenvalue weighted by Crippen LogP contribution is -2.23. The van der Waals surface area contributed by atoms with Gasteiger partial charge in [0.1, 0.15) is 11.0 Å². The minimum absolute atomic E-state index is 0.529. The van der Waals surface area contributed by atoms with Gasteiger partial charge in [-0.3, -0.25) is 0 Å². The van der Waals surface area contributed by atoms with Gasteiger partial charge < -0.3 is 4.90 Å². The van der Waals surface area contributed by atoms with Crippen molar-refractivity contribution in [2.24, 2.45) is 0 Å². The minimum Gasteiger partial charge on any atom is -0.371 e. The van der Waals surface area contributed by atoms with Crippen molar-refractivity contribution in [3.63, 3.8) is 0 Å². The van der Waals surface area contributed by atoms with Gasteiger partial charge in [-0.15, -0.1) is 10.2 Å². The van der Waals surface area contributed by atoms with Crippen molar-refractivity contribution in [1.29, 1.82) is 5.26 Å². The van der Waals surface area contributed by atoms with Gasteiger partial charge in [0.15, 0.2) is 0 Å². The highest BCUT2D eigenvalue weighted by Gasteiger charge is 2.06. The third kappa shape index (κ3) is 2.77. The van der Waals surface area contributed by atoms with Crippen molar-refractivity contribution >= 4 is 16.7 Å². The van der Waals surface area contributed by atoms with E-state index in [-0.39, 0.29) is 0 Å². The number of rotatable bonds is 5. The zero-order chi connectivity index (χ0) is 15.4. The zero-order valence-electron chi connectivity index (χ0n) is 12.5. The van der Waals surface area contributed by atoms with Crippen molar-refractivity contribution < 1.29 is 0 Å². The molecule has 1 heterocycles. The van der Waals surface area contributed by atoms with Crippen LogP contribution < -0.4 is 4.90 Å². The third-order valence-corrected chi connectivity index (χ3v) is 3.61. The van der Waals surface area contributed by atoms with Crippen LogP contribution in [0.5, 0.6) is 0 Å². The molecule has 0 aliphatic rings. The molecule has 3 rings (SSSR count). The molecule has 5 heteroatoms. The third-order valence-electron chi connectivity index (χ3n) is 3.61. The molecular formula is C17H17N5. The second-order valence-corrected chi connectivity index (χ2v) is 4.98. The summed E-state index contributed by atoms with van der Waals surface area (Å²) in [4.78, 5) is 3.83. The second-order valence-electron chi connectivity index (χ2n) is 4.98. The van der Waals surface area contributed by atoms with Crippen molar-refractivity contribution in [2.75, 3.05) is 18.0 Å². The van der Waals surface area contributed by atoms with Crippen LogP contribution in [0.1, 0.15) is 13.3 Å². The predicted octanol–water partition coefficient (Wildman–Crippen LogP) is 3.16. The maximum atomic E-state index is 8.72. The summed E-state index contributed by atoms with van der Waals surface area (Å²) in [6.07, 6.45) is 0.529. The quantitative estimate of drug-likeness (QED) is 0.724. The topological polar surface area (TPSA) is 57.7 Å². The van der Waals surface area contributed by atoms with Crippen LogP contribution in [0.15, 0.2) is 48.5 Å². The van der Waals surface area contributed by atoms with Crippen LogP contribution in [0.2, 0.25) is 0 Å².